The summed E-state index contributed by atoms with van der Waals surface area (Å²) in [7, 11) is 3.65. The molecule has 1 aromatic heterocycles. The lowest BCUT2D eigenvalue weighted by molar-refractivity contribution is -0.136. The van der Waals surface area contributed by atoms with Gasteiger partial charge in [-0.3, -0.25) is 4.99 Å². The number of nitrogens with one attached hydrogen (secondary N) is 2. The maximum Gasteiger partial charge on any atom is 0.418 e. The molecule has 0 unspecified atom stereocenters. The number of anilines is 1. The lowest BCUT2D eigenvalue weighted by Crippen LogP contribution is -2.22. The molecular formula is C20H20F4N4O. The third kappa shape index (κ3) is 4.68. The van der Waals surface area contributed by atoms with E-state index >= 15 is 0 Å². The van der Waals surface area contributed by atoms with Crippen LogP contribution in [0.25, 0.3) is 10.9 Å². The number of likely N-dealkylation sites (N-methyl/N-ethyl adjacent to an activating group) is 1. The number of aromatic amines is 1. The van der Waals surface area contributed by atoms with Crippen LogP contribution in [0.2, 0.25) is 0 Å². The summed E-state index contributed by atoms with van der Waals surface area (Å²) in [5.41, 5.74) is -0.430. The number of nitrogens with zero attached hydrogens (tertiary/aromatic N) is 2. The van der Waals surface area contributed by atoms with Crippen molar-refractivity contribution in [3.8, 4) is 5.88 Å². The Balaban J connectivity index is 1.93. The zero-order chi connectivity index (χ0) is 21.2. The molecular weight excluding hydrogens is 388 g/mol. The van der Waals surface area contributed by atoms with Crippen LogP contribution in [0, 0.1) is 5.82 Å². The first-order valence-electron chi connectivity index (χ1n) is 8.80. The summed E-state index contributed by atoms with van der Waals surface area (Å²) in [5, 5.41) is 12.9. The Kier molecular flexibility index (Phi) is 5.78. The fraction of sp³-hybridized carbons (Fsp3) is 0.250. The number of fused-ring (bicyclic) bond motifs is 1. The Labute approximate surface area is 164 Å². The highest BCUT2D eigenvalue weighted by Gasteiger charge is 2.33. The van der Waals surface area contributed by atoms with Gasteiger partial charge in [-0.1, -0.05) is 6.07 Å². The number of halogens is 4. The van der Waals surface area contributed by atoms with E-state index in [0.29, 0.717) is 18.6 Å². The molecule has 0 saturated carbocycles. The second-order valence-corrected chi connectivity index (χ2v) is 6.77. The van der Waals surface area contributed by atoms with Crippen molar-refractivity contribution < 1.29 is 22.7 Å². The van der Waals surface area contributed by atoms with Gasteiger partial charge in [-0.05, 0) is 44.4 Å². The minimum atomic E-state index is -4.57. The molecule has 9 heteroatoms. The summed E-state index contributed by atoms with van der Waals surface area (Å²) in [4.78, 5) is 8.48. The summed E-state index contributed by atoms with van der Waals surface area (Å²) in [6.07, 6.45) is -3.42. The molecule has 0 bridgehead atoms. The summed E-state index contributed by atoms with van der Waals surface area (Å²) >= 11 is 0. The van der Waals surface area contributed by atoms with Gasteiger partial charge < -0.3 is 20.3 Å². The number of benzene rings is 2. The monoisotopic (exact) mass is 408 g/mol. The smallest absolute Gasteiger partial charge is 0.418 e. The molecule has 0 aliphatic rings. The van der Waals surface area contributed by atoms with Gasteiger partial charge in [0.25, 0.3) is 0 Å². The van der Waals surface area contributed by atoms with E-state index in [2.05, 4.69) is 15.3 Å². The van der Waals surface area contributed by atoms with Gasteiger partial charge in [0.15, 0.2) is 5.88 Å². The standard InChI is InChI=1S/C20H20F4N4O/c1-28(2)9-8-25-16-7-6-12(10-14(16)20(22,23)24)26-11-13-18-15(21)4-3-5-17(18)27-19(13)29/h3-7,10-11,25,27,29H,8-9H2,1-2H3. The van der Waals surface area contributed by atoms with Crippen LogP contribution in [0.4, 0.5) is 28.9 Å². The Morgan fingerprint density at radius 1 is 1.21 bits per heavy atom. The summed E-state index contributed by atoms with van der Waals surface area (Å²) in [6, 6.07) is 7.92. The maximum absolute atomic E-state index is 14.1. The highest BCUT2D eigenvalue weighted by molar-refractivity contribution is 6.02. The van der Waals surface area contributed by atoms with Crippen LogP contribution in [-0.2, 0) is 6.18 Å². The molecule has 0 saturated heterocycles. The first-order valence-corrected chi connectivity index (χ1v) is 8.80. The molecule has 0 spiro atoms. The predicted octanol–water partition coefficient (Wildman–Crippen LogP) is 4.76. The first kappa shape index (κ1) is 20.7. The number of rotatable bonds is 6. The minimum absolute atomic E-state index is 0.0283. The molecule has 154 valence electrons. The number of aromatic nitrogens is 1. The van der Waals surface area contributed by atoms with Crippen LogP contribution in [0.15, 0.2) is 41.4 Å². The number of hydrogen-bond donors (Lipinski definition) is 3. The van der Waals surface area contributed by atoms with Crippen molar-refractivity contribution in [2.45, 2.75) is 6.18 Å². The van der Waals surface area contributed by atoms with E-state index in [0.717, 1.165) is 12.3 Å². The van der Waals surface area contributed by atoms with Gasteiger partial charge in [-0.25, -0.2) is 4.39 Å². The van der Waals surface area contributed by atoms with Crippen molar-refractivity contribution in [2.75, 3.05) is 32.5 Å². The van der Waals surface area contributed by atoms with Crippen molar-refractivity contribution in [3.05, 3.63) is 53.3 Å². The van der Waals surface area contributed by atoms with Gasteiger partial charge in [0.1, 0.15) is 5.82 Å². The molecule has 0 radical (unpaired) electrons. The SMILES string of the molecule is CN(C)CCNc1ccc(N=Cc2c(O)[nH]c3cccc(F)c23)cc1C(F)(F)F. The molecule has 3 rings (SSSR count). The van der Waals surface area contributed by atoms with Crippen LogP contribution in [0.1, 0.15) is 11.1 Å². The average molecular weight is 408 g/mol. The Morgan fingerprint density at radius 3 is 2.66 bits per heavy atom. The topological polar surface area (TPSA) is 63.6 Å². The lowest BCUT2D eigenvalue weighted by atomic mass is 10.1. The molecule has 2 aromatic carbocycles. The number of alkyl halides is 3. The Bertz CT molecular complexity index is 1040. The second kappa shape index (κ2) is 8.12. The second-order valence-electron chi connectivity index (χ2n) is 6.77. The van der Waals surface area contributed by atoms with Crippen LogP contribution in [0.5, 0.6) is 5.88 Å². The molecule has 1 heterocycles. The Morgan fingerprint density at radius 2 is 1.97 bits per heavy atom. The van der Waals surface area contributed by atoms with Gasteiger partial charge in [0.2, 0.25) is 0 Å². The van der Waals surface area contributed by atoms with Crippen molar-refractivity contribution in [1.29, 1.82) is 0 Å². The zero-order valence-corrected chi connectivity index (χ0v) is 15.8. The molecule has 0 fully saturated rings. The molecule has 0 aliphatic heterocycles. The van der Waals surface area contributed by atoms with Crippen molar-refractivity contribution in [1.82, 2.24) is 9.88 Å². The maximum atomic E-state index is 14.1. The van der Waals surface area contributed by atoms with Gasteiger partial charge in [-0.2, -0.15) is 13.2 Å². The molecule has 0 aliphatic carbocycles. The average Bonchev–Trinajstić information content (AvgIpc) is 2.96. The van der Waals surface area contributed by atoms with E-state index in [-0.39, 0.29) is 28.2 Å². The van der Waals surface area contributed by atoms with Crippen molar-refractivity contribution in [2.24, 2.45) is 4.99 Å². The molecule has 0 atom stereocenters. The van der Waals surface area contributed by atoms with E-state index in [9.17, 15) is 22.7 Å². The lowest BCUT2D eigenvalue weighted by Gasteiger charge is -2.16. The Hall–Kier alpha value is -3.07. The summed E-state index contributed by atoms with van der Waals surface area (Å²) in [5.74, 6) is -0.885. The third-order valence-electron chi connectivity index (χ3n) is 4.32. The van der Waals surface area contributed by atoms with Crippen LogP contribution >= 0.6 is 0 Å². The number of aliphatic imine (C=N–C) groups is 1. The van der Waals surface area contributed by atoms with Crippen molar-refractivity contribution in [3.63, 3.8) is 0 Å². The number of aromatic hydroxyl groups is 1. The largest absolute Gasteiger partial charge is 0.494 e. The molecule has 5 nitrogen and oxygen atoms in total. The molecule has 0 amide bonds. The fourth-order valence-corrected chi connectivity index (χ4v) is 2.90. The van der Waals surface area contributed by atoms with E-state index in [1.54, 1.807) is 6.07 Å². The van der Waals surface area contributed by atoms with Crippen molar-refractivity contribution >= 4 is 28.5 Å². The van der Waals surface area contributed by atoms with E-state index in [4.69, 9.17) is 0 Å². The molecule has 3 aromatic rings. The van der Waals surface area contributed by atoms with Gasteiger partial charge in [0.05, 0.1) is 22.3 Å². The van der Waals surface area contributed by atoms with E-state index < -0.39 is 17.6 Å². The van der Waals surface area contributed by atoms with Gasteiger partial charge in [-0.15, -0.1) is 0 Å². The number of H-pyrrole nitrogens is 1. The normalized spacial score (nSPS) is 12.4. The van der Waals surface area contributed by atoms with Gasteiger partial charge in [0, 0.05) is 30.4 Å². The minimum Gasteiger partial charge on any atom is -0.494 e. The summed E-state index contributed by atoms with van der Waals surface area (Å²) < 4.78 is 54.4. The third-order valence-corrected chi connectivity index (χ3v) is 4.32. The summed E-state index contributed by atoms with van der Waals surface area (Å²) in [6.45, 7) is 0.920. The zero-order valence-electron chi connectivity index (χ0n) is 15.8. The molecule has 29 heavy (non-hydrogen) atoms. The van der Waals surface area contributed by atoms with Crippen LogP contribution in [0.3, 0.4) is 0 Å². The highest BCUT2D eigenvalue weighted by atomic mass is 19.4. The van der Waals surface area contributed by atoms with Crippen LogP contribution in [-0.4, -0.2) is 48.4 Å². The quantitative estimate of drug-likeness (QED) is 0.407. The number of hydrogen-bond acceptors (Lipinski definition) is 4. The first-order chi connectivity index (χ1) is 13.7. The highest BCUT2D eigenvalue weighted by Crippen LogP contribution is 2.37. The predicted molar refractivity (Wildman–Crippen MR) is 106 cm³/mol. The fourth-order valence-electron chi connectivity index (χ4n) is 2.90. The van der Waals surface area contributed by atoms with Gasteiger partial charge >= 0.3 is 6.18 Å². The molecule has 3 N–H and O–H groups in total. The van der Waals surface area contributed by atoms with E-state index in [1.165, 1.54) is 24.3 Å². The van der Waals surface area contributed by atoms with Crippen LogP contribution < -0.4 is 5.32 Å². The van der Waals surface area contributed by atoms with E-state index in [1.807, 2.05) is 19.0 Å².